The number of hydrogen-bond acceptors (Lipinski definition) is 3. The van der Waals surface area contributed by atoms with E-state index < -0.39 is 0 Å². The molecule has 0 atom stereocenters. The molecule has 0 spiro atoms. The van der Waals surface area contributed by atoms with Gasteiger partial charge in [0.05, 0.1) is 6.54 Å². The smallest absolute Gasteiger partial charge is 0.239 e. The van der Waals surface area contributed by atoms with Crippen molar-refractivity contribution in [2.45, 2.75) is 70.8 Å². The first-order chi connectivity index (χ1) is 9.99. The second-order valence-electron chi connectivity index (χ2n) is 6.33. The van der Waals surface area contributed by atoms with Crippen molar-refractivity contribution in [3.63, 3.8) is 0 Å². The lowest BCUT2D eigenvalue weighted by Crippen LogP contribution is -2.50. The largest absolute Gasteiger partial charge is 0.353 e. The summed E-state index contributed by atoms with van der Waals surface area (Å²) >= 11 is 0. The van der Waals surface area contributed by atoms with Crippen LogP contribution in [-0.4, -0.2) is 30.4 Å². The lowest BCUT2D eigenvalue weighted by molar-refractivity contribution is -0.126. The van der Waals surface area contributed by atoms with E-state index in [1.54, 1.807) is 0 Å². The summed E-state index contributed by atoms with van der Waals surface area (Å²) in [6, 6.07) is 0. The Morgan fingerprint density at radius 3 is 2.18 bits per heavy atom. The molecule has 1 rings (SSSR count). The molecule has 1 aliphatic carbocycles. The standard InChI is InChI=1S/C16H31N3O2.ClH/c1-3-16(17,4-2)12-19-15(21)11-18-14(20)10-13-8-6-5-7-9-13;/h13H,3-12,17H2,1-2H3,(H,18,20)(H,19,21);1H. The van der Waals surface area contributed by atoms with Crippen LogP contribution in [0.4, 0.5) is 0 Å². The minimum atomic E-state index is -0.345. The van der Waals surface area contributed by atoms with Gasteiger partial charge >= 0.3 is 0 Å². The molecule has 0 radical (unpaired) electrons. The summed E-state index contributed by atoms with van der Waals surface area (Å²) in [5, 5.41) is 5.52. The summed E-state index contributed by atoms with van der Waals surface area (Å²) in [6.45, 7) is 4.54. The van der Waals surface area contributed by atoms with Gasteiger partial charge in [-0.2, -0.15) is 0 Å². The summed E-state index contributed by atoms with van der Waals surface area (Å²) in [4.78, 5) is 23.6. The molecule has 130 valence electrons. The fourth-order valence-corrected chi connectivity index (χ4v) is 2.74. The molecule has 0 aromatic heterocycles. The number of rotatable bonds is 8. The van der Waals surface area contributed by atoms with Crippen molar-refractivity contribution in [3.05, 3.63) is 0 Å². The van der Waals surface area contributed by atoms with E-state index in [-0.39, 0.29) is 36.3 Å². The molecule has 5 nitrogen and oxygen atoms in total. The van der Waals surface area contributed by atoms with Crippen molar-refractivity contribution in [2.75, 3.05) is 13.1 Å². The first kappa shape index (κ1) is 21.2. The molecule has 0 aliphatic heterocycles. The van der Waals surface area contributed by atoms with Gasteiger partial charge < -0.3 is 16.4 Å². The maximum Gasteiger partial charge on any atom is 0.239 e. The zero-order valence-corrected chi connectivity index (χ0v) is 14.8. The van der Waals surface area contributed by atoms with Crippen molar-refractivity contribution >= 4 is 24.2 Å². The van der Waals surface area contributed by atoms with Crippen LogP contribution in [0.15, 0.2) is 0 Å². The number of hydrogen-bond donors (Lipinski definition) is 3. The zero-order valence-electron chi connectivity index (χ0n) is 14.0. The van der Waals surface area contributed by atoms with E-state index in [1.165, 1.54) is 19.3 Å². The fourth-order valence-electron chi connectivity index (χ4n) is 2.74. The molecule has 2 amide bonds. The van der Waals surface area contributed by atoms with Crippen LogP contribution < -0.4 is 16.4 Å². The van der Waals surface area contributed by atoms with Crippen LogP contribution in [0.1, 0.15) is 65.2 Å². The zero-order chi connectivity index (χ0) is 15.7. The molecular formula is C16H32ClN3O2. The first-order valence-corrected chi connectivity index (χ1v) is 8.31. The highest BCUT2D eigenvalue weighted by Gasteiger charge is 2.21. The van der Waals surface area contributed by atoms with Gasteiger partial charge in [-0.05, 0) is 31.6 Å². The number of carbonyl (C=O) groups excluding carboxylic acids is 2. The summed E-state index contributed by atoms with van der Waals surface area (Å²) in [6.07, 6.45) is 8.21. The maximum absolute atomic E-state index is 11.8. The molecule has 0 aromatic carbocycles. The number of halogens is 1. The van der Waals surface area contributed by atoms with Crippen LogP contribution in [0.2, 0.25) is 0 Å². The molecule has 0 saturated heterocycles. The van der Waals surface area contributed by atoms with Gasteiger partial charge in [-0.25, -0.2) is 0 Å². The second-order valence-corrected chi connectivity index (χ2v) is 6.33. The molecule has 0 aromatic rings. The van der Waals surface area contributed by atoms with Gasteiger partial charge in [0.1, 0.15) is 0 Å². The minimum Gasteiger partial charge on any atom is -0.353 e. The van der Waals surface area contributed by atoms with Crippen molar-refractivity contribution < 1.29 is 9.59 Å². The third-order valence-electron chi connectivity index (χ3n) is 4.69. The first-order valence-electron chi connectivity index (χ1n) is 8.31. The topological polar surface area (TPSA) is 84.2 Å². The van der Waals surface area contributed by atoms with Crippen molar-refractivity contribution in [1.29, 1.82) is 0 Å². The average molecular weight is 334 g/mol. The van der Waals surface area contributed by atoms with E-state index in [4.69, 9.17) is 5.73 Å². The second kappa shape index (κ2) is 10.8. The summed E-state index contributed by atoms with van der Waals surface area (Å²) < 4.78 is 0. The Morgan fingerprint density at radius 1 is 1.05 bits per heavy atom. The third kappa shape index (κ3) is 7.99. The highest BCUT2D eigenvalue weighted by molar-refractivity contribution is 5.85. The normalized spacial score (nSPS) is 15.8. The lowest BCUT2D eigenvalue weighted by atomic mass is 9.87. The van der Waals surface area contributed by atoms with Crippen LogP contribution in [-0.2, 0) is 9.59 Å². The molecule has 1 saturated carbocycles. The Kier molecular flexibility index (Phi) is 10.4. The van der Waals surface area contributed by atoms with Crippen LogP contribution in [0, 0.1) is 5.92 Å². The van der Waals surface area contributed by atoms with Gasteiger partial charge in [0.25, 0.3) is 0 Å². The molecule has 1 aliphatic rings. The Labute approximate surface area is 140 Å². The van der Waals surface area contributed by atoms with E-state index in [0.717, 1.165) is 25.7 Å². The van der Waals surface area contributed by atoms with Gasteiger partial charge in [0, 0.05) is 18.5 Å². The number of nitrogens with one attached hydrogen (secondary N) is 2. The number of nitrogens with two attached hydrogens (primary N) is 1. The molecule has 1 fully saturated rings. The summed E-state index contributed by atoms with van der Waals surface area (Å²) in [5.74, 6) is 0.324. The van der Waals surface area contributed by atoms with Crippen LogP contribution in [0.25, 0.3) is 0 Å². The minimum absolute atomic E-state index is 0. The van der Waals surface area contributed by atoms with Gasteiger partial charge in [0.2, 0.25) is 11.8 Å². The van der Waals surface area contributed by atoms with E-state index in [2.05, 4.69) is 10.6 Å². The van der Waals surface area contributed by atoms with Crippen molar-refractivity contribution in [1.82, 2.24) is 10.6 Å². The molecule has 22 heavy (non-hydrogen) atoms. The molecule has 0 unspecified atom stereocenters. The van der Waals surface area contributed by atoms with Crippen molar-refractivity contribution in [2.24, 2.45) is 11.7 Å². The SMILES string of the molecule is CCC(N)(CC)CNC(=O)CNC(=O)CC1CCCCC1.Cl. The Bertz CT molecular complexity index is 340. The molecule has 6 heteroatoms. The van der Waals surface area contributed by atoms with Gasteiger partial charge in [-0.15, -0.1) is 12.4 Å². The van der Waals surface area contributed by atoms with E-state index in [9.17, 15) is 9.59 Å². The Balaban J connectivity index is 0.00000441. The Morgan fingerprint density at radius 2 is 1.64 bits per heavy atom. The molecule has 0 heterocycles. The summed E-state index contributed by atoms with van der Waals surface area (Å²) in [7, 11) is 0. The number of amides is 2. The van der Waals surface area contributed by atoms with Crippen LogP contribution >= 0.6 is 12.4 Å². The molecule has 0 bridgehead atoms. The quantitative estimate of drug-likeness (QED) is 0.636. The lowest BCUT2D eigenvalue weighted by Gasteiger charge is -2.26. The average Bonchev–Trinajstić information content (AvgIpc) is 2.51. The van der Waals surface area contributed by atoms with Crippen molar-refractivity contribution in [3.8, 4) is 0 Å². The molecule has 4 N–H and O–H groups in total. The van der Waals surface area contributed by atoms with Crippen LogP contribution in [0.3, 0.4) is 0 Å². The summed E-state index contributed by atoms with van der Waals surface area (Å²) in [5.41, 5.74) is 5.78. The van der Waals surface area contributed by atoms with Crippen LogP contribution in [0.5, 0.6) is 0 Å². The predicted octanol–water partition coefficient (Wildman–Crippen LogP) is 2.13. The van der Waals surface area contributed by atoms with Gasteiger partial charge in [0.15, 0.2) is 0 Å². The predicted molar refractivity (Wildman–Crippen MR) is 92.0 cm³/mol. The highest BCUT2D eigenvalue weighted by atomic mass is 35.5. The van der Waals surface area contributed by atoms with Gasteiger partial charge in [-0.3, -0.25) is 9.59 Å². The number of carbonyl (C=O) groups is 2. The monoisotopic (exact) mass is 333 g/mol. The highest BCUT2D eigenvalue weighted by Crippen LogP contribution is 2.25. The van der Waals surface area contributed by atoms with Gasteiger partial charge in [-0.1, -0.05) is 33.1 Å². The van der Waals surface area contributed by atoms with E-state index in [1.807, 2.05) is 13.8 Å². The van der Waals surface area contributed by atoms with E-state index in [0.29, 0.717) is 18.9 Å². The fraction of sp³-hybridized carbons (Fsp3) is 0.875. The Hall–Kier alpha value is -0.810. The van der Waals surface area contributed by atoms with E-state index >= 15 is 0 Å². The third-order valence-corrected chi connectivity index (χ3v) is 4.69. The maximum atomic E-state index is 11.8. The molecular weight excluding hydrogens is 302 g/mol.